The molecule has 2 rings (SSSR count). The minimum absolute atomic E-state index is 0.0981. The van der Waals surface area contributed by atoms with Crippen LogP contribution in [-0.4, -0.2) is 29.7 Å². The molecule has 38 heavy (non-hydrogen) atoms. The van der Waals surface area contributed by atoms with E-state index in [0.29, 0.717) is 29.5 Å². The van der Waals surface area contributed by atoms with Gasteiger partial charge in [-0.1, -0.05) is 18.2 Å². The maximum Gasteiger partial charge on any atom is 0.308 e. The molecule has 0 aliphatic carbocycles. The molecule has 2 aromatic carbocycles. The average Bonchev–Trinajstić information content (AvgIpc) is 2.86. The number of nitrogens with one attached hydrogen (secondary N) is 1. The summed E-state index contributed by atoms with van der Waals surface area (Å²) in [5.74, 6) is -2.24. The molecule has 0 fully saturated rings. The summed E-state index contributed by atoms with van der Waals surface area (Å²) in [7, 11) is 0. The number of carbonyl (C=O) groups excluding carboxylic acids is 2. The van der Waals surface area contributed by atoms with Gasteiger partial charge in [0.2, 0.25) is 5.91 Å². The molecule has 0 aliphatic heterocycles. The van der Waals surface area contributed by atoms with E-state index >= 15 is 4.39 Å². The first-order valence-electron chi connectivity index (χ1n) is 13.1. The summed E-state index contributed by atoms with van der Waals surface area (Å²) in [6.07, 6.45) is 6.81. The lowest BCUT2D eigenvalue weighted by Crippen LogP contribution is -2.38. The van der Waals surface area contributed by atoms with Crippen LogP contribution in [0.15, 0.2) is 49.1 Å². The normalized spacial score (nSPS) is 12.8. The first-order chi connectivity index (χ1) is 18.1. The molecular weight excluding hydrogens is 488 g/mol. The number of halogens is 2. The van der Waals surface area contributed by atoms with Crippen LogP contribution in [0.1, 0.15) is 74.2 Å². The van der Waals surface area contributed by atoms with E-state index in [-0.39, 0.29) is 30.8 Å². The Hall–Kier alpha value is -3.32. The van der Waals surface area contributed by atoms with Gasteiger partial charge in [0.25, 0.3) is 0 Å². The lowest BCUT2D eigenvalue weighted by atomic mass is 9.88. The van der Waals surface area contributed by atoms with Crippen molar-refractivity contribution in [1.82, 2.24) is 5.32 Å². The zero-order valence-electron chi connectivity index (χ0n) is 22.8. The molecule has 0 spiro atoms. The van der Waals surface area contributed by atoms with E-state index in [4.69, 9.17) is 4.74 Å². The van der Waals surface area contributed by atoms with Crippen molar-refractivity contribution in [3.8, 4) is 11.1 Å². The molecule has 0 aromatic heterocycles. The van der Waals surface area contributed by atoms with Gasteiger partial charge in [-0.25, -0.2) is 8.78 Å². The van der Waals surface area contributed by atoms with Crippen LogP contribution in [-0.2, 0) is 20.7 Å². The van der Waals surface area contributed by atoms with E-state index in [2.05, 4.69) is 18.0 Å². The Balaban J connectivity index is 2.58. The Morgan fingerprint density at radius 2 is 1.87 bits per heavy atom. The molecule has 0 unspecified atom stereocenters. The SMILES string of the molecule is C=CCC[C@@H](O)C(=O)N[C@@H](CC(=O)OCC)c1cc(-c2c(C)cc(F)cc2CCCC=CC)cc(C)c1F. The van der Waals surface area contributed by atoms with Gasteiger partial charge in [0.15, 0.2) is 0 Å². The van der Waals surface area contributed by atoms with Gasteiger partial charge in [-0.2, -0.15) is 0 Å². The highest BCUT2D eigenvalue weighted by Gasteiger charge is 2.27. The number of unbranched alkanes of at least 4 members (excludes halogenated alkanes) is 1. The van der Waals surface area contributed by atoms with Crippen molar-refractivity contribution in [3.63, 3.8) is 0 Å². The van der Waals surface area contributed by atoms with Crippen molar-refractivity contribution in [2.75, 3.05) is 6.61 Å². The molecule has 0 saturated carbocycles. The number of amides is 1. The molecule has 1 amide bonds. The number of hydrogen-bond acceptors (Lipinski definition) is 4. The maximum absolute atomic E-state index is 15.5. The van der Waals surface area contributed by atoms with Gasteiger partial charge in [0.05, 0.1) is 19.1 Å². The molecule has 206 valence electrons. The van der Waals surface area contributed by atoms with Gasteiger partial charge in [-0.3, -0.25) is 9.59 Å². The first-order valence-corrected chi connectivity index (χ1v) is 13.1. The van der Waals surface area contributed by atoms with Crippen LogP contribution < -0.4 is 5.32 Å². The highest BCUT2D eigenvalue weighted by atomic mass is 19.1. The van der Waals surface area contributed by atoms with Crippen molar-refractivity contribution >= 4 is 11.9 Å². The number of ether oxygens (including phenoxy) is 1. The summed E-state index contributed by atoms with van der Waals surface area (Å²) >= 11 is 0. The van der Waals surface area contributed by atoms with Crippen LogP contribution in [0.2, 0.25) is 0 Å². The Bertz CT molecular complexity index is 1160. The van der Waals surface area contributed by atoms with Crippen molar-refractivity contribution in [2.24, 2.45) is 0 Å². The summed E-state index contributed by atoms with van der Waals surface area (Å²) in [5, 5.41) is 12.9. The Morgan fingerprint density at radius 3 is 2.53 bits per heavy atom. The minimum atomic E-state index is -1.34. The lowest BCUT2D eigenvalue weighted by molar-refractivity contribution is -0.144. The fourth-order valence-electron chi connectivity index (χ4n) is 4.49. The van der Waals surface area contributed by atoms with Gasteiger partial charge in [-0.05, 0) is 112 Å². The largest absolute Gasteiger partial charge is 0.466 e. The van der Waals surface area contributed by atoms with E-state index in [1.54, 1.807) is 39.0 Å². The van der Waals surface area contributed by atoms with Gasteiger partial charge < -0.3 is 15.2 Å². The van der Waals surface area contributed by atoms with Crippen LogP contribution in [0.4, 0.5) is 8.78 Å². The number of allylic oxidation sites excluding steroid dienone is 3. The van der Waals surface area contributed by atoms with Crippen LogP contribution >= 0.6 is 0 Å². The number of esters is 1. The van der Waals surface area contributed by atoms with E-state index in [1.165, 1.54) is 12.1 Å². The van der Waals surface area contributed by atoms with Gasteiger partial charge in [-0.15, -0.1) is 6.58 Å². The Labute approximate surface area is 224 Å². The van der Waals surface area contributed by atoms with E-state index in [0.717, 1.165) is 24.0 Å². The van der Waals surface area contributed by atoms with Crippen molar-refractivity contribution < 1.29 is 28.2 Å². The summed E-state index contributed by atoms with van der Waals surface area (Å²) in [6.45, 7) is 10.7. The summed E-state index contributed by atoms with van der Waals surface area (Å²) in [6, 6.07) is 5.16. The van der Waals surface area contributed by atoms with Crippen molar-refractivity contribution in [3.05, 3.63) is 83.0 Å². The van der Waals surface area contributed by atoms with E-state index in [9.17, 15) is 19.1 Å². The summed E-state index contributed by atoms with van der Waals surface area (Å²) in [5.41, 5.74) is 3.37. The quantitative estimate of drug-likeness (QED) is 0.165. The number of carbonyl (C=O) groups is 2. The molecule has 2 N–H and O–H groups in total. The molecule has 0 bridgehead atoms. The molecule has 0 heterocycles. The number of aliphatic hydroxyl groups is 1. The molecule has 7 heteroatoms. The molecular formula is C31H39F2NO4. The van der Waals surface area contributed by atoms with E-state index < -0.39 is 29.8 Å². The van der Waals surface area contributed by atoms with Gasteiger partial charge in [0.1, 0.15) is 17.7 Å². The zero-order valence-corrected chi connectivity index (χ0v) is 22.8. The number of hydrogen-bond donors (Lipinski definition) is 2. The number of benzene rings is 2. The van der Waals surface area contributed by atoms with Gasteiger partial charge in [0, 0.05) is 5.56 Å². The lowest BCUT2D eigenvalue weighted by Gasteiger charge is -2.23. The standard InChI is InChI=1S/C31H39F2NO4/c1-6-9-11-12-13-22-17-24(32)16-20(4)29(22)23-15-21(5)30(33)25(18-23)26(19-28(36)38-8-3)34-31(37)27(35)14-10-7-2/h6-7,9,15-18,26-27,35H,2,8,10-14,19H2,1,3-5H3,(H,34,37)/t26-,27+/m0/s1. The third-order valence-electron chi connectivity index (χ3n) is 6.32. The molecule has 5 nitrogen and oxygen atoms in total. The molecule has 0 radical (unpaired) electrons. The predicted octanol–water partition coefficient (Wildman–Crippen LogP) is 6.59. The minimum Gasteiger partial charge on any atom is -0.466 e. The second kappa shape index (κ2) is 15.2. The van der Waals surface area contributed by atoms with Crippen LogP contribution in [0.3, 0.4) is 0 Å². The fraction of sp³-hybridized carbons (Fsp3) is 0.419. The third kappa shape index (κ3) is 8.62. The molecule has 0 saturated heterocycles. The second-order valence-corrected chi connectivity index (χ2v) is 9.37. The summed E-state index contributed by atoms with van der Waals surface area (Å²) < 4.78 is 35.0. The second-order valence-electron chi connectivity index (χ2n) is 9.37. The number of rotatable bonds is 14. The Kier molecular flexibility index (Phi) is 12.3. The number of aliphatic hydroxyl groups excluding tert-OH is 1. The van der Waals surface area contributed by atoms with Crippen LogP contribution in [0.25, 0.3) is 11.1 Å². The molecule has 2 aromatic rings. The zero-order chi connectivity index (χ0) is 28.2. The smallest absolute Gasteiger partial charge is 0.308 e. The summed E-state index contributed by atoms with van der Waals surface area (Å²) in [4.78, 5) is 25.1. The number of aryl methyl sites for hydroxylation is 3. The third-order valence-corrected chi connectivity index (χ3v) is 6.32. The maximum atomic E-state index is 15.5. The molecule has 0 aliphatic rings. The highest BCUT2D eigenvalue weighted by Crippen LogP contribution is 2.35. The van der Waals surface area contributed by atoms with E-state index in [1.807, 2.05) is 13.0 Å². The monoisotopic (exact) mass is 527 g/mol. The highest BCUT2D eigenvalue weighted by molar-refractivity contribution is 5.82. The van der Waals surface area contributed by atoms with Crippen LogP contribution in [0, 0.1) is 25.5 Å². The predicted molar refractivity (Wildman–Crippen MR) is 147 cm³/mol. The fourth-order valence-corrected chi connectivity index (χ4v) is 4.49. The van der Waals surface area contributed by atoms with Crippen molar-refractivity contribution in [2.45, 2.75) is 78.4 Å². The van der Waals surface area contributed by atoms with Crippen molar-refractivity contribution in [1.29, 1.82) is 0 Å². The topological polar surface area (TPSA) is 75.6 Å². The first kappa shape index (κ1) is 30.9. The molecule has 2 atom stereocenters. The van der Waals surface area contributed by atoms with Gasteiger partial charge >= 0.3 is 5.97 Å². The Morgan fingerprint density at radius 1 is 1.13 bits per heavy atom. The average molecular weight is 528 g/mol. The van der Waals surface area contributed by atoms with Crippen LogP contribution in [0.5, 0.6) is 0 Å².